The molecular weight excluding hydrogens is 400 g/mol. The molecule has 0 aromatic heterocycles. The molecule has 0 fully saturated rings. The minimum absolute atomic E-state index is 0.0277. The second kappa shape index (κ2) is 9.11. The second-order valence-corrected chi connectivity index (χ2v) is 7.68. The van der Waals surface area contributed by atoms with Gasteiger partial charge in [0.25, 0.3) is 5.69 Å². The van der Waals surface area contributed by atoms with Crippen molar-refractivity contribution in [3.63, 3.8) is 0 Å². The van der Waals surface area contributed by atoms with E-state index in [1.807, 2.05) is 0 Å². The second-order valence-electron chi connectivity index (χ2n) is 7.27. The first-order valence-corrected chi connectivity index (χ1v) is 9.18. The number of aliphatic hydroxyl groups excluding tert-OH is 1. The number of amides is 1. The minimum Gasteiger partial charge on any atom is -0.496 e. The number of para-hydroxylation sites is 1. The maximum atomic E-state index is 12.0. The van der Waals surface area contributed by atoms with Crippen LogP contribution in [0.1, 0.15) is 38.0 Å². The average molecular weight is 423 g/mol. The zero-order chi connectivity index (χ0) is 21.8. The Morgan fingerprint density at radius 1 is 1.28 bits per heavy atom. The SMILES string of the molecule is COc1cccc(Cl)c1C(O)Cc1cccc(NC(=O)OC(C)(C)C)c1[N+](=O)[O-]. The molecule has 2 aromatic carbocycles. The molecule has 0 heterocycles. The molecule has 0 radical (unpaired) electrons. The van der Waals surface area contributed by atoms with Crippen LogP contribution in [0.2, 0.25) is 5.02 Å². The van der Waals surface area contributed by atoms with Crippen LogP contribution in [0.15, 0.2) is 36.4 Å². The average Bonchev–Trinajstić information content (AvgIpc) is 2.59. The van der Waals surface area contributed by atoms with E-state index in [-0.39, 0.29) is 28.4 Å². The van der Waals surface area contributed by atoms with E-state index in [4.69, 9.17) is 21.1 Å². The van der Waals surface area contributed by atoms with Crippen molar-refractivity contribution >= 4 is 29.1 Å². The van der Waals surface area contributed by atoms with E-state index in [2.05, 4.69) is 5.32 Å². The van der Waals surface area contributed by atoms with E-state index in [0.29, 0.717) is 11.3 Å². The highest BCUT2D eigenvalue weighted by atomic mass is 35.5. The third-order valence-corrected chi connectivity index (χ3v) is 4.25. The van der Waals surface area contributed by atoms with Gasteiger partial charge in [-0.25, -0.2) is 4.79 Å². The van der Waals surface area contributed by atoms with Crippen molar-refractivity contribution in [2.24, 2.45) is 0 Å². The summed E-state index contributed by atoms with van der Waals surface area (Å²) in [6.45, 7) is 5.06. The lowest BCUT2D eigenvalue weighted by Crippen LogP contribution is -2.27. The number of hydrogen-bond donors (Lipinski definition) is 2. The van der Waals surface area contributed by atoms with Crippen LogP contribution >= 0.6 is 11.6 Å². The predicted molar refractivity (Wildman–Crippen MR) is 110 cm³/mol. The molecule has 0 saturated carbocycles. The molecule has 2 N–H and O–H groups in total. The first-order valence-electron chi connectivity index (χ1n) is 8.80. The number of halogens is 1. The summed E-state index contributed by atoms with van der Waals surface area (Å²) in [5, 5.41) is 25.1. The largest absolute Gasteiger partial charge is 0.496 e. The molecule has 0 aliphatic rings. The van der Waals surface area contributed by atoms with Gasteiger partial charge in [0.2, 0.25) is 0 Å². The van der Waals surface area contributed by atoms with Crippen LogP contribution in [0.25, 0.3) is 0 Å². The van der Waals surface area contributed by atoms with Crippen LogP contribution < -0.4 is 10.1 Å². The number of methoxy groups -OCH3 is 1. The van der Waals surface area contributed by atoms with Gasteiger partial charge in [-0.2, -0.15) is 0 Å². The van der Waals surface area contributed by atoms with Crippen molar-refractivity contribution in [2.75, 3.05) is 12.4 Å². The summed E-state index contributed by atoms with van der Waals surface area (Å²) in [5.74, 6) is 0.371. The van der Waals surface area contributed by atoms with Crippen LogP contribution in [-0.2, 0) is 11.2 Å². The number of nitro groups is 1. The molecule has 1 unspecified atom stereocenters. The number of carbonyl (C=O) groups is 1. The quantitative estimate of drug-likeness (QED) is 0.507. The smallest absolute Gasteiger partial charge is 0.412 e. The number of nitro benzene ring substituents is 1. The minimum atomic E-state index is -1.16. The molecule has 0 saturated heterocycles. The highest BCUT2D eigenvalue weighted by molar-refractivity contribution is 6.31. The van der Waals surface area contributed by atoms with Gasteiger partial charge in [0.1, 0.15) is 17.0 Å². The van der Waals surface area contributed by atoms with Gasteiger partial charge in [-0.1, -0.05) is 29.8 Å². The van der Waals surface area contributed by atoms with Gasteiger partial charge in [-0.15, -0.1) is 0 Å². The fourth-order valence-electron chi connectivity index (χ4n) is 2.82. The number of nitrogens with one attached hydrogen (secondary N) is 1. The fourth-order valence-corrected chi connectivity index (χ4v) is 3.11. The Morgan fingerprint density at radius 2 is 1.93 bits per heavy atom. The van der Waals surface area contributed by atoms with Crippen LogP contribution in [0.3, 0.4) is 0 Å². The number of carbonyl (C=O) groups excluding carboxylic acids is 1. The Morgan fingerprint density at radius 3 is 2.52 bits per heavy atom. The molecule has 156 valence electrons. The standard InChI is InChI=1S/C20H23ClN2O6/c1-20(2,3)29-19(25)22-14-9-5-7-12(18(14)23(26)27)11-15(24)17-13(21)8-6-10-16(17)28-4/h5-10,15,24H,11H2,1-4H3,(H,22,25). The van der Waals surface area contributed by atoms with Gasteiger partial charge in [0, 0.05) is 17.5 Å². The maximum absolute atomic E-state index is 12.0. The van der Waals surface area contributed by atoms with Gasteiger partial charge in [0.05, 0.1) is 23.2 Å². The van der Waals surface area contributed by atoms with Gasteiger partial charge in [-0.3, -0.25) is 15.4 Å². The molecule has 1 atom stereocenters. The monoisotopic (exact) mass is 422 g/mol. The normalized spacial score (nSPS) is 12.2. The van der Waals surface area contributed by atoms with Gasteiger partial charge >= 0.3 is 6.09 Å². The van der Waals surface area contributed by atoms with Crippen molar-refractivity contribution in [3.05, 3.63) is 62.7 Å². The fraction of sp³-hybridized carbons (Fsp3) is 0.350. The van der Waals surface area contributed by atoms with Crippen molar-refractivity contribution < 1.29 is 24.3 Å². The number of nitrogens with zero attached hydrogens (tertiary/aromatic N) is 1. The summed E-state index contributed by atoms with van der Waals surface area (Å²) in [7, 11) is 1.44. The molecule has 2 aromatic rings. The summed E-state index contributed by atoms with van der Waals surface area (Å²) >= 11 is 6.19. The van der Waals surface area contributed by atoms with Gasteiger partial charge < -0.3 is 14.6 Å². The lowest BCUT2D eigenvalue weighted by atomic mass is 9.98. The Bertz CT molecular complexity index is 910. The van der Waals surface area contributed by atoms with E-state index in [9.17, 15) is 20.0 Å². The van der Waals surface area contributed by atoms with Crippen LogP contribution in [0.5, 0.6) is 5.75 Å². The molecule has 9 heteroatoms. The number of anilines is 1. The molecule has 8 nitrogen and oxygen atoms in total. The van der Waals surface area contributed by atoms with Crippen molar-refractivity contribution in [1.82, 2.24) is 0 Å². The van der Waals surface area contributed by atoms with Crippen LogP contribution in [0, 0.1) is 10.1 Å². The summed E-state index contributed by atoms with van der Waals surface area (Å²) in [6.07, 6.45) is -2.08. The Hall–Kier alpha value is -2.84. The zero-order valence-corrected chi connectivity index (χ0v) is 17.3. The zero-order valence-electron chi connectivity index (χ0n) is 16.6. The maximum Gasteiger partial charge on any atom is 0.412 e. The number of hydrogen-bond acceptors (Lipinski definition) is 6. The molecule has 0 aliphatic heterocycles. The van der Waals surface area contributed by atoms with Crippen molar-refractivity contribution in [2.45, 2.75) is 38.9 Å². The van der Waals surface area contributed by atoms with E-state index in [0.717, 1.165) is 0 Å². The Kier molecular flexibility index (Phi) is 7.05. The number of aliphatic hydroxyl groups is 1. The van der Waals surface area contributed by atoms with E-state index < -0.39 is 22.7 Å². The molecule has 29 heavy (non-hydrogen) atoms. The number of ether oxygens (including phenoxy) is 2. The predicted octanol–water partition coefficient (Wildman–Crippen LogP) is 4.88. The number of rotatable bonds is 6. The molecule has 1 amide bonds. The van der Waals surface area contributed by atoms with Gasteiger partial charge in [-0.05, 0) is 39.0 Å². The summed E-state index contributed by atoms with van der Waals surface area (Å²) in [6, 6.07) is 9.35. The highest BCUT2D eigenvalue weighted by Gasteiger charge is 2.26. The Balaban J connectivity index is 2.37. The van der Waals surface area contributed by atoms with E-state index >= 15 is 0 Å². The first-order chi connectivity index (χ1) is 13.5. The van der Waals surface area contributed by atoms with Gasteiger partial charge in [0.15, 0.2) is 0 Å². The molecule has 0 aliphatic carbocycles. The third-order valence-electron chi connectivity index (χ3n) is 3.92. The molecule has 0 bridgehead atoms. The van der Waals surface area contributed by atoms with E-state index in [1.54, 1.807) is 45.0 Å². The third kappa shape index (κ3) is 5.82. The van der Waals surface area contributed by atoms with Crippen molar-refractivity contribution in [1.29, 1.82) is 0 Å². The van der Waals surface area contributed by atoms with Crippen LogP contribution in [-0.4, -0.2) is 28.8 Å². The lowest BCUT2D eigenvalue weighted by Gasteiger charge is -2.20. The molecule has 2 rings (SSSR count). The van der Waals surface area contributed by atoms with Crippen molar-refractivity contribution in [3.8, 4) is 5.75 Å². The van der Waals surface area contributed by atoms with E-state index in [1.165, 1.54) is 19.2 Å². The Labute approximate surface area is 173 Å². The topological polar surface area (TPSA) is 111 Å². The molecule has 0 spiro atoms. The lowest BCUT2D eigenvalue weighted by molar-refractivity contribution is -0.384. The number of benzene rings is 2. The molecular formula is C20H23ClN2O6. The summed E-state index contributed by atoms with van der Waals surface area (Å²) in [5.41, 5.74) is -0.564. The van der Waals surface area contributed by atoms with Crippen LogP contribution in [0.4, 0.5) is 16.2 Å². The first kappa shape index (κ1) is 22.4. The summed E-state index contributed by atoms with van der Waals surface area (Å²) < 4.78 is 10.4. The summed E-state index contributed by atoms with van der Waals surface area (Å²) in [4.78, 5) is 23.1. The highest BCUT2D eigenvalue weighted by Crippen LogP contribution is 2.37.